The summed E-state index contributed by atoms with van der Waals surface area (Å²) < 4.78 is 1.11. The molecule has 0 spiro atoms. The van der Waals surface area contributed by atoms with Crippen LogP contribution in [0.2, 0.25) is 0 Å². The predicted octanol–water partition coefficient (Wildman–Crippen LogP) is 4.01. The number of halogens is 1. The maximum absolute atomic E-state index is 9.22. The highest BCUT2D eigenvalue weighted by atomic mass is 79.9. The number of rotatable bonds is 3. The summed E-state index contributed by atoms with van der Waals surface area (Å²) in [4.78, 5) is 0. The van der Waals surface area contributed by atoms with Gasteiger partial charge in [0.1, 0.15) is 0 Å². The van der Waals surface area contributed by atoms with Gasteiger partial charge in [-0.1, -0.05) is 47.3 Å². The third-order valence-electron chi connectivity index (χ3n) is 3.66. The number of hydrogen-bond donors (Lipinski definition) is 1. The fourth-order valence-electron chi connectivity index (χ4n) is 2.56. The molecule has 0 saturated heterocycles. The molecule has 1 aromatic carbocycles. The Morgan fingerprint density at radius 1 is 1.17 bits per heavy atom. The zero-order chi connectivity index (χ0) is 12.8. The van der Waals surface area contributed by atoms with E-state index in [1.165, 1.54) is 24.8 Å². The average molecular weight is 307 g/mol. The number of nitrogens with one attached hydrogen (secondary N) is 1. The molecule has 2 rings (SSSR count). The van der Waals surface area contributed by atoms with Gasteiger partial charge in [-0.15, -0.1) is 0 Å². The Morgan fingerprint density at radius 2 is 1.89 bits per heavy atom. The molecule has 1 aliphatic carbocycles. The minimum Gasteiger partial charge on any atom is -0.309 e. The molecule has 1 fully saturated rings. The Labute approximate surface area is 118 Å². The van der Waals surface area contributed by atoms with E-state index in [0.717, 1.165) is 23.9 Å². The first-order chi connectivity index (χ1) is 8.79. The molecule has 2 nitrogen and oxygen atoms in total. The first-order valence-corrected chi connectivity index (χ1v) is 7.46. The van der Waals surface area contributed by atoms with Crippen LogP contribution in [0.5, 0.6) is 0 Å². The average Bonchev–Trinajstić information content (AvgIpc) is 2.63. The molecule has 0 bridgehead atoms. The zero-order valence-electron chi connectivity index (χ0n) is 10.5. The Kier molecular flexibility index (Phi) is 5.22. The largest absolute Gasteiger partial charge is 0.309 e. The Hall–Kier alpha value is -0.850. The summed E-state index contributed by atoms with van der Waals surface area (Å²) in [5.74, 6) is 0.183. The lowest BCUT2D eigenvalue weighted by molar-refractivity contribution is 0.393. The van der Waals surface area contributed by atoms with Crippen molar-refractivity contribution in [3.05, 3.63) is 34.3 Å². The number of benzene rings is 1. The van der Waals surface area contributed by atoms with E-state index in [1.807, 2.05) is 0 Å². The van der Waals surface area contributed by atoms with Crippen LogP contribution >= 0.6 is 15.9 Å². The molecule has 1 aliphatic rings. The molecule has 1 N–H and O–H groups in total. The van der Waals surface area contributed by atoms with E-state index in [9.17, 15) is 5.26 Å². The number of nitrogens with zero attached hydrogens (tertiary/aromatic N) is 1. The van der Waals surface area contributed by atoms with Crippen molar-refractivity contribution in [3.8, 4) is 6.07 Å². The Balaban J connectivity index is 1.91. The van der Waals surface area contributed by atoms with Crippen molar-refractivity contribution in [1.29, 1.82) is 5.26 Å². The second kappa shape index (κ2) is 6.92. The van der Waals surface area contributed by atoms with E-state index < -0.39 is 0 Å². The highest BCUT2D eigenvalue weighted by molar-refractivity contribution is 9.10. The van der Waals surface area contributed by atoms with Crippen molar-refractivity contribution < 1.29 is 0 Å². The van der Waals surface area contributed by atoms with Crippen LogP contribution in [-0.4, -0.2) is 6.04 Å². The SMILES string of the molecule is N#CC1CCCCCC1NCc1ccc(Br)cc1. The minimum absolute atomic E-state index is 0.183. The lowest BCUT2D eigenvalue weighted by Gasteiger charge is -2.21. The molecular formula is C15H19BrN2. The van der Waals surface area contributed by atoms with Crippen LogP contribution in [0, 0.1) is 17.2 Å². The van der Waals surface area contributed by atoms with Gasteiger partial charge in [-0.25, -0.2) is 0 Å². The zero-order valence-corrected chi connectivity index (χ0v) is 12.1. The van der Waals surface area contributed by atoms with Crippen molar-refractivity contribution in [1.82, 2.24) is 5.32 Å². The van der Waals surface area contributed by atoms with Gasteiger partial charge in [0.2, 0.25) is 0 Å². The highest BCUT2D eigenvalue weighted by Gasteiger charge is 2.22. The van der Waals surface area contributed by atoms with Gasteiger partial charge in [0.25, 0.3) is 0 Å². The molecule has 18 heavy (non-hydrogen) atoms. The van der Waals surface area contributed by atoms with Crippen LogP contribution in [0.4, 0.5) is 0 Å². The third-order valence-corrected chi connectivity index (χ3v) is 4.19. The molecule has 1 aromatic rings. The van der Waals surface area contributed by atoms with Crippen LogP contribution in [0.25, 0.3) is 0 Å². The van der Waals surface area contributed by atoms with Gasteiger partial charge in [0.15, 0.2) is 0 Å². The van der Waals surface area contributed by atoms with Gasteiger partial charge in [-0.2, -0.15) is 5.26 Å². The molecule has 0 aliphatic heterocycles. The molecule has 2 unspecified atom stereocenters. The van der Waals surface area contributed by atoms with Crippen molar-refractivity contribution in [2.24, 2.45) is 5.92 Å². The molecule has 1 saturated carbocycles. The van der Waals surface area contributed by atoms with Gasteiger partial charge < -0.3 is 5.32 Å². The second-order valence-corrected chi connectivity index (χ2v) is 5.90. The van der Waals surface area contributed by atoms with Crippen LogP contribution in [0.15, 0.2) is 28.7 Å². The molecule has 0 radical (unpaired) electrons. The number of nitriles is 1. The Morgan fingerprint density at radius 3 is 2.61 bits per heavy atom. The fourth-order valence-corrected chi connectivity index (χ4v) is 2.82. The maximum atomic E-state index is 9.22. The molecule has 0 heterocycles. The van der Waals surface area contributed by atoms with Gasteiger partial charge in [-0.05, 0) is 30.5 Å². The van der Waals surface area contributed by atoms with Crippen molar-refractivity contribution in [3.63, 3.8) is 0 Å². The summed E-state index contributed by atoms with van der Waals surface area (Å²) in [6.45, 7) is 0.857. The molecule has 0 amide bonds. The first kappa shape index (κ1) is 13.6. The van der Waals surface area contributed by atoms with Crippen LogP contribution < -0.4 is 5.32 Å². The van der Waals surface area contributed by atoms with E-state index in [-0.39, 0.29) is 5.92 Å². The van der Waals surface area contributed by atoms with E-state index in [4.69, 9.17) is 0 Å². The highest BCUT2D eigenvalue weighted by Crippen LogP contribution is 2.23. The van der Waals surface area contributed by atoms with Crippen molar-refractivity contribution in [2.75, 3.05) is 0 Å². The van der Waals surface area contributed by atoms with E-state index in [2.05, 4.69) is 51.6 Å². The van der Waals surface area contributed by atoms with E-state index in [0.29, 0.717) is 6.04 Å². The lowest BCUT2D eigenvalue weighted by atomic mass is 9.96. The summed E-state index contributed by atoms with van der Waals surface area (Å²) in [5.41, 5.74) is 1.28. The maximum Gasteiger partial charge on any atom is 0.0672 e. The minimum atomic E-state index is 0.183. The molecule has 3 heteroatoms. The summed E-state index contributed by atoms with van der Waals surface area (Å²) in [5, 5.41) is 12.8. The van der Waals surface area contributed by atoms with Crippen LogP contribution in [-0.2, 0) is 6.54 Å². The summed E-state index contributed by atoms with van der Waals surface area (Å²) >= 11 is 3.44. The fraction of sp³-hybridized carbons (Fsp3) is 0.533. The topological polar surface area (TPSA) is 35.8 Å². The van der Waals surface area contributed by atoms with Crippen LogP contribution in [0.3, 0.4) is 0 Å². The smallest absolute Gasteiger partial charge is 0.0672 e. The second-order valence-electron chi connectivity index (χ2n) is 4.99. The summed E-state index contributed by atoms with van der Waals surface area (Å²) in [7, 11) is 0. The van der Waals surface area contributed by atoms with Gasteiger partial charge >= 0.3 is 0 Å². The third kappa shape index (κ3) is 3.83. The number of hydrogen-bond acceptors (Lipinski definition) is 2. The van der Waals surface area contributed by atoms with Crippen LogP contribution in [0.1, 0.15) is 37.7 Å². The van der Waals surface area contributed by atoms with Gasteiger partial charge in [0, 0.05) is 17.1 Å². The van der Waals surface area contributed by atoms with Crippen molar-refractivity contribution >= 4 is 15.9 Å². The molecule has 2 atom stereocenters. The van der Waals surface area contributed by atoms with E-state index >= 15 is 0 Å². The molecule has 0 aromatic heterocycles. The quantitative estimate of drug-likeness (QED) is 0.856. The predicted molar refractivity (Wildman–Crippen MR) is 77.0 cm³/mol. The van der Waals surface area contributed by atoms with Gasteiger partial charge in [0.05, 0.1) is 12.0 Å². The van der Waals surface area contributed by atoms with Gasteiger partial charge in [-0.3, -0.25) is 0 Å². The first-order valence-electron chi connectivity index (χ1n) is 6.67. The van der Waals surface area contributed by atoms with E-state index in [1.54, 1.807) is 0 Å². The summed E-state index contributed by atoms with van der Waals surface area (Å²) in [6.07, 6.45) is 5.91. The molecule has 96 valence electrons. The monoisotopic (exact) mass is 306 g/mol. The lowest BCUT2D eigenvalue weighted by Crippen LogP contribution is -2.34. The Bertz CT molecular complexity index is 407. The molecular weight excluding hydrogens is 288 g/mol. The normalized spacial score (nSPS) is 24.2. The van der Waals surface area contributed by atoms with Crippen molar-refractivity contribution in [2.45, 2.75) is 44.7 Å². The standard InChI is InChI=1S/C15H19BrN2/c16-14-8-6-12(7-9-14)11-18-15-5-3-1-2-4-13(15)10-17/h6-9,13,15,18H,1-5,11H2. The summed E-state index contributed by atoms with van der Waals surface area (Å²) in [6, 6.07) is 11.2.